The topological polar surface area (TPSA) is 42.9 Å². The summed E-state index contributed by atoms with van der Waals surface area (Å²) in [6.07, 6.45) is 1.58. The van der Waals surface area contributed by atoms with E-state index in [-0.39, 0.29) is 5.78 Å². The molecule has 2 aromatic heterocycles. The van der Waals surface area contributed by atoms with Gasteiger partial charge in [0.25, 0.3) is 0 Å². The summed E-state index contributed by atoms with van der Waals surface area (Å²) in [5, 5.41) is 4.00. The van der Waals surface area contributed by atoms with Gasteiger partial charge < -0.3 is 0 Å². The molecule has 26 heavy (non-hydrogen) atoms. The monoisotopic (exact) mass is 376 g/mol. The molecule has 3 nitrogen and oxygen atoms in total. The summed E-state index contributed by atoms with van der Waals surface area (Å²) in [7, 11) is 0. The smallest absolute Gasteiger partial charge is 0.173 e. The lowest BCUT2D eigenvalue weighted by Gasteiger charge is -2.05. The van der Waals surface area contributed by atoms with Crippen molar-refractivity contribution in [2.45, 2.75) is 11.9 Å². The maximum Gasteiger partial charge on any atom is 0.173 e. The molecule has 0 amide bonds. The number of Topliss-reactive ketones (excluding diaryl/α,β-unsaturated/α-hetero) is 1. The van der Waals surface area contributed by atoms with Gasteiger partial charge in [-0.2, -0.15) is 0 Å². The highest BCUT2D eigenvalue weighted by atomic mass is 32.2. The molecule has 0 saturated carbocycles. The minimum absolute atomic E-state index is 0.109. The van der Waals surface area contributed by atoms with Crippen LogP contribution in [-0.4, -0.2) is 21.5 Å². The lowest BCUT2D eigenvalue weighted by atomic mass is 10.1. The first-order chi connectivity index (χ1) is 12.7. The number of thiophene rings is 1. The van der Waals surface area contributed by atoms with Gasteiger partial charge in [-0.15, -0.1) is 11.3 Å². The fraction of sp³-hybridized carbons (Fsp3) is 0.0952. The molecule has 4 aromatic rings. The summed E-state index contributed by atoms with van der Waals surface area (Å²) in [4.78, 5) is 22.3. The van der Waals surface area contributed by atoms with E-state index < -0.39 is 0 Å². The normalized spacial score (nSPS) is 11.0. The van der Waals surface area contributed by atoms with Gasteiger partial charge in [0.2, 0.25) is 0 Å². The minimum atomic E-state index is 0.109. The number of aromatic nitrogens is 2. The van der Waals surface area contributed by atoms with Crippen molar-refractivity contribution in [2.75, 3.05) is 5.75 Å². The van der Waals surface area contributed by atoms with Crippen molar-refractivity contribution < 1.29 is 4.79 Å². The number of ketones is 1. The summed E-state index contributed by atoms with van der Waals surface area (Å²) in [6, 6.07) is 17.9. The lowest BCUT2D eigenvalue weighted by molar-refractivity contribution is 0.102. The lowest BCUT2D eigenvalue weighted by Crippen LogP contribution is -2.02. The Morgan fingerprint density at radius 2 is 1.81 bits per heavy atom. The van der Waals surface area contributed by atoms with Gasteiger partial charge in [0.15, 0.2) is 5.78 Å². The first-order valence-corrected chi connectivity index (χ1v) is 10.1. The second-order valence-electron chi connectivity index (χ2n) is 5.95. The second-order valence-corrected chi connectivity index (χ2v) is 7.77. The largest absolute Gasteiger partial charge is 0.293 e. The van der Waals surface area contributed by atoms with Crippen LogP contribution in [0.4, 0.5) is 0 Å². The number of fused-ring (bicyclic) bond motifs is 1. The summed E-state index contributed by atoms with van der Waals surface area (Å²) in [5.41, 5.74) is 4.15. The minimum Gasteiger partial charge on any atom is -0.293 e. The van der Waals surface area contributed by atoms with Crippen LogP contribution in [0.3, 0.4) is 0 Å². The SMILES string of the molecule is Cc1ccc(C(=O)CSc2ncnc3scc(-c4ccccc4)c23)cc1. The number of thioether (sulfide) groups is 1. The summed E-state index contributed by atoms with van der Waals surface area (Å²) >= 11 is 3.08. The molecule has 0 radical (unpaired) electrons. The van der Waals surface area contributed by atoms with E-state index in [2.05, 4.69) is 27.5 Å². The number of hydrogen-bond donors (Lipinski definition) is 0. The Balaban J connectivity index is 1.63. The zero-order chi connectivity index (χ0) is 17.9. The number of benzene rings is 2. The molecule has 0 atom stereocenters. The molecule has 0 fully saturated rings. The predicted octanol–water partition coefficient (Wildman–Crippen LogP) is 5.64. The standard InChI is InChI=1S/C21H16N2OS2/c1-14-7-9-16(10-8-14)18(24)12-26-21-19-17(15-5-3-2-4-6-15)11-25-20(19)22-13-23-21/h2-11,13H,12H2,1H3. The highest BCUT2D eigenvalue weighted by molar-refractivity contribution is 8.00. The number of aryl methyl sites for hydroxylation is 1. The van der Waals surface area contributed by atoms with Gasteiger partial charge in [0.05, 0.1) is 11.1 Å². The van der Waals surface area contributed by atoms with E-state index in [1.807, 2.05) is 49.4 Å². The number of carbonyl (C=O) groups excluding carboxylic acids is 1. The van der Waals surface area contributed by atoms with E-state index in [0.717, 1.165) is 37.5 Å². The molecule has 0 spiro atoms. The van der Waals surface area contributed by atoms with Crippen LogP contribution in [0.1, 0.15) is 15.9 Å². The van der Waals surface area contributed by atoms with Gasteiger partial charge in [0, 0.05) is 16.5 Å². The van der Waals surface area contributed by atoms with Crippen molar-refractivity contribution in [1.29, 1.82) is 0 Å². The number of nitrogens with zero attached hydrogens (tertiary/aromatic N) is 2. The molecule has 5 heteroatoms. The molecular formula is C21H16N2OS2. The van der Waals surface area contributed by atoms with Crippen LogP contribution in [0, 0.1) is 6.92 Å². The van der Waals surface area contributed by atoms with E-state index in [4.69, 9.17) is 0 Å². The van der Waals surface area contributed by atoms with E-state index in [1.165, 1.54) is 11.8 Å². The molecule has 0 N–H and O–H groups in total. The summed E-state index contributed by atoms with van der Waals surface area (Å²) < 4.78 is 0. The van der Waals surface area contributed by atoms with Crippen molar-refractivity contribution in [3.05, 3.63) is 77.4 Å². The summed E-state index contributed by atoms with van der Waals surface area (Å²) in [5.74, 6) is 0.470. The number of rotatable bonds is 5. The van der Waals surface area contributed by atoms with Gasteiger partial charge in [0.1, 0.15) is 16.2 Å². The zero-order valence-corrected chi connectivity index (χ0v) is 15.8. The average Bonchev–Trinajstić information content (AvgIpc) is 3.12. The second kappa shape index (κ2) is 7.40. The van der Waals surface area contributed by atoms with Crippen LogP contribution in [-0.2, 0) is 0 Å². The average molecular weight is 377 g/mol. The molecular weight excluding hydrogens is 360 g/mol. The Labute approximate surface area is 160 Å². The first kappa shape index (κ1) is 16.9. The first-order valence-electron chi connectivity index (χ1n) is 8.22. The molecule has 0 bridgehead atoms. The van der Waals surface area contributed by atoms with Crippen molar-refractivity contribution in [2.24, 2.45) is 0 Å². The fourth-order valence-electron chi connectivity index (χ4n) is 2.74. The summed E-state index contributed by atoms with van der Waals surface area (Å²) in [6.45, 7) is 2.02. The number of carbonyl (C=O) groups is 1. The van der Waals surface area contributed by atoms with Crippen LogP contribution in [0.25, 0.3) is 21.3 Å². The Kier molecular flexibility index (Phi) is 4.82. The Morgan fingerprint density at radius 1 is 1.04 bits per heavy atom. The quantitative estimate of drug-likeness (QED) is 0.257. The molecule has 0 unspecified atom stereocenters. The van der Waals surface area contributed by atoms with E-state index >= 15 is 0 Å². The van der Waals surface area contributed by atoms with Crippen LogP contribution in [0.5, 0.6) is 0 Å². The van der Waals surface area contributed by atoms with Gasteiger partial charge in [-0.05, 0) is 12.5 Å². The van der Waals surface area contributed by atoms with Crippen LogP contribution in [0.15, 0.2) is 71.3 Å². The molecule has 0 aliphatic carbocycles. The Hall–Kier alpha value is -2.50. The maximum atomic E-state index is 12.5. The van der Waals surface area contributed by atoms with Gasteiger partial charge in [-0.3, -0.25) is 4.79 Å². The Morgan fingerprint density at radius 3 is 2.58 bits per heavy atom. The van der Waals surface area contributed by atoms with Crippen molar-refractivity contribution in [3.8, 4) is 11.1 Å². The molecule has 0 aliphatic heterocycles. The van der Waals surface area contributed by atoms with Crippen LogP contribution >= 0.6 is 23.1 Å². The molecule has 0 aliphatic rings. The number of hydrogen-bond acceptors (Lipinski definition) is 5. The van der Waals surface area contributed by atoms with E-state index in [9.17, 15) is 4.79 Å². The van der Waals surface area contributed by atoms with E-state index in [0.29, 0.717) is 5.75 Å². The molecule has 2 heterocycles. The highest BCUT2D eigenvalue weighted by Gasteiger charge is 2.15. The Bertz CT molecular complexity index is 1060. The molecule has 0 saturated heterocycles. The fourth-order valence-corrected chi connectivity index (χ4v) is 4.63. The van der Waals surface area contributed by atoms with Crippen molar-refractivity contribution >= 4 is 39.1 Å². The van der Waals surface area contributed by atoms with E-state index in [1.54, 1.807) is 17.7 Å². The van der Waals surface area contributed by atoms with Gasteiger partial charge in [-0.1, -0.05) is 71.9 Å². The van der Waals surface area contributed by atoms with Gasteiger partial charge in [-0.25, -0.2) is 9.97 Å². The van der Waals surface area contributed by atoms with Crippen LogP contribution in [0.2, 0.25) is 0 Å². The van der Waals surface area contributed by atoms with Crippen molar-refractivity contribution in [3.63, 3.8) is 0 Å². The highest BCUT2D eigenvalue weighted by Crippen LogP contribution is 2.37. The third-order valence-electron chi connectivity index (χ3n) is 4.13. The van der Waals surface area contributed by atoms with Crippen molar-refractivity contribution in [1.82, 2.24) is 9.97 Å². The zero-order valence-electron chi connectivity index (χ0n) is 14.2. The third-order valence-corrected chi connectivity index (χ3v) is 6.01. The predicted molar refractivity (Wildman–Crippen MR) is 109 cm³/mol. The van der Waals surface area contributed by atoms with Crippen LogP contribution < -0.4 is 0 Å². The third kappa shape index (κ3) is 3.41. The molecule has 128 valence electrons. The van der Waals surface area contributed by atoms with Gasteiger partial charge >= 0.3 is 0 Å². The molecule has 2 aromatic carbocycles. The molecule has 4 rings (SSSR count). The maximum absolute atomic E-state index is 12.5.